The van der Waals surface area contributed by atoms with Crippen LogP contribution < -0.4 is 5.32 Å². The predicted octanol–water partition coefficient (Wildman–Crippen LogP) is 2.07. The third-order valence-corrected chi connectivity index (χ3v) is 2.44. The largest absolute Gasteiger partial charge is 0.396 e. The molecule has 0 aliphatic rings. The lowest BCUT2D eigenvalue weighted by atomic mass is 10.1. The van der Waals surface area contributed by atoms with Gasteiger partial charge in [0.2, 0.25) is 0 Å². The zero-order valence-electron chi connectivity index (χ0n) is 9.34. The van der Waals surface area contributed by atoms with Gasteiger partial charge >= 0.3 is 0 Å². The zero-order valence-corrected chi connectivity index (χ0v) is 9.34. The number of hydrogen-bond donors (Lipinski definition) is 2. The van der Waals surface area contributed by atoms with Gasteiger partial charge in [0, 0.05) is 18.7 Å². The summed E-state index contributed by atoms with van der Waals surface area (Å²) < 4.78 is 26.0. The van der Waals surface area contributed by atoms with E-state index in [1.165, 1.54) is 6.07 Å². The van der Waals surface area contributed by atoms with Crippen LogP contribution in [0.25, 0.3) is 0 Å². The Bertz CT molecular complexity index is 331. The highest BCUT2D eigenvalue weighted by molar-refractivity contribution is 5.18. The van der Waals surface area contributed by atoms with Gasteiger partial charge in [0.15, 0.2) is 0 Å². The molecule has 0 aromatic heterocycles. The van der Waals surface area contributed by atoms with E-state index in [-0.39, 0.29) is 6.61 Å². The smallest absolute Gasteiger partial charge is 0.127 e. The molecule has 4 heteroatoms. The van der Waals surface area contributed by atoms with E-state index in [4.69, 9.17) is 5.11 Å². The van der Waals surface area contributed by atoms with Crippen molar-refractivity contribution in [3.05, 3.63) is 35.4 Å². The summed E-state index contributed by atoms with van der Waals surface area (Å²) in [6, 6.07) is 3.43. The number of rotatable bonds is 6. The Labute approximate surface area is 94.3 Å². The molecule has 1 aromatic carbocycles. The Balaban J connectivity index is 2.39. The molecule has 1 atom stereocenters. The summed E-state index contributed by atoms with van der Waals surface area (Å²) >= 11 is 0. The number of halogens is 2. The van der Waals surface area contributed by atoms with E-state index < -0.39 is 11.6 Å². The van der Waals surface area contributed by atoms with Gasteiger partial charge in [-0.25, -0.2) is 8.78 Å². The van der Waals surface area contributed by atoms with Crippen LogP contribution in [0.2, 0.25) is 0 Å². The molecule has 0 aliphatic heterocycles. The summed E-state index contributed by atoms with van der Waals surface area (Å²) in [5.74, 6) is -0.507. The molecular weight excluding hydrogens is 212 g/mol. The first-order chi connectivity index (χ1) is 7.63. The summed E-state index contributed by atoms with van der Waals surface area (Å²) in [5.41, 5.74) is 0.330. The molecule has 0 amide bonds. The van der Waals surface area contributed by atoms with E-state index >= 15 is 0 Å². The molecule has 0 heterocycles. The van der Waals surface area contributed by atoms with Crippen molar-refractivity contribution in [1.82, 2.24) is 5.32 Å². The molecule has 0 fully saturated rings. The van der Waals surface area contributed by atoms with Crippen molar-refractivity contribution in [3.8, 4) is 0 Å². The van der Waals surface area contributed by atoms with Crippen LogP contribution in [0.1, 0.15) is 18.9 Å². The maximum Gasteiger partial charge on any atom is 0.127 e. The van der Waals surface area contributed by atoms with Gasteiger partial charge in [-0.05, 0) is 37.1 Å². The van der Waals surface area contributed by atoms with E-state index in [0.29, 0.717) is 31.0 Å². The van der Waals surface area contributed by atoms with E-state index in [9.17, 15) is 8.78 Å². The summed E-state index contributed by atoms with van der Waals surface area (Å²) in [4.78, 5) is 0. The standard InChI is InChI=1S/C12H17F2NO/c1-9(4-5-16)7-15-8-10-6-11(13)2-3-12(10)14/h2-3,6,9,15-16H,4-5,7-8H2,1H3. The Morgan fingerprint density at radius 3 is 2.81 bits per heavy atom. The van der Waals surface area contributed by atoms with Crippen LogP contribution in [0, 0.1) is 17.6 Å². The Kier molecular flexibility index (Phi) is 5.35. The zero-order chi connectivity index (χ0) is 12.0. The van der Waals surface area contributed by atoms with E-state index in [0.717, 1.165) is 12.1 Å². The summed E-state index contributed by atoms with van der Waals surface area (Å²) in [6.45, 7) is 3.12. The number of aliphatic hydroxyl groups is 1. The SMILES string of the molecule is CC(CCO)CNCc1cc(F)ccc1F. The summed E-state index contributed by atoms with van der Waals surface area (Å²) in [7, 11) is 0. The summed E-state index contributed by atoms with van der Waals surface area (Å²) in [5, 5.41) is 11.7. The Morgan fingerprint density at radius 2 is 2.12 bits per heavy atom. The maximum absolute atomic E-state index is 13.2. The van der Waals surface area contributed by atoms with Gasteiger partial charge in [0.1, 0.15) is 11.6 Å². The molecule has 2 N–H and O–H groups in total. The van der Waals surface area contributed by atoms with Crippen molar-refractivity contribution >= 4 is 0 Å². The minimum absolute atomic E-state index is 0.150. The van der Waals surface area contributed by atoms with Crippen molar-refractivity contribution in [2.45, 2.75) is 19.9 Å². The molecule has 2 nitrogen and oxygen atoms in total. The highest BCUT2D eigenvalue weighted by Gasteiger charge is 2.05. The lowest BCUT2D eigenvalue weighted by molar-refractivity contribution is 0.260. The van der Waals surface area contributed by atoms with E-state index in [1.54, 1.807) is 0 Å². The summed E-state index contributed by atoms with van der Waals surface area (Å²) in [6.07, 6.45) is 0.707. The van der Waals surface area contributed by atoms with Crippen LogP contribution in [-0.4, -0.2) is 18.3 Å². The first-order valence-electron chi connectivity index (χ1n) is 5.39. The number of aliphatic hydroxyl groups excluding tert-OH is 1. The van der Waals surface area contributed by atoms with Crippen molar-refractivity contribution in [3.63, 3.8) is 0 Å². The molecule has 0 radical (unpaired) electrons. The van der Waals surface area contributed by atoms with Crippen molar-refractivity contribution in [2.75, 3.05) is 13.2 Å². The first kappa shape index (κ1) is 13.1. The Morgan fingerprint density at radius 1 is 1.38 bits per heavy atom. The van der Waals surface area contributed by atoms with Gasteiger partial charge in [-0.15, -0.1) is 0 Å². The number of hydrogen-bond acceptors (Lipinski definition) is 2. The normalized spacial score (nSPS) is 12.8. The predicted molar refractivity (Wildman–Crippen MR) is 58.9 cm³/mol. The van der Waals surface area contributed by atoms with E-state index in [2.05, 4.69) is 5.32 Å². The maximum atomic E-state index is 13.2. The molecule has 1 aromatic rings. The monoisotopic (exact) mass is 229 g/mol. The van der Waals surface area contributed by atoms with Crippen molar-refractivity contribution in [2.24, 2.45) is 5.92 Å². The molecule has 0 aliphatic carbocycles. The second-order valence-corrected chi connectivity index (χ2v) is 3.98. The molecule has 0 saturated carbocycles. The molecule has 16 heavy (non-hydrogen) atoms. The highest BCUT2D eigenvalue weighted by atomic mass is 19.1. The topological polar surface area (TPSA) is 32.3 Å². The second kappa shape index (κ2) is 6.55. The van der Waals surface area contributed by atoms with E-state index in [1.807, 2.05) is 6.92 Å². The quantitative estimate of drug-likeness (QED) is 0.782. The van der Waals surface area contributed by atoms with Gasteiger partial charge in [-0.2, -0.15) is 0 Å². The molecule has 1 rings (SSSR count). The van der Waals surface area contributed by atoms with Gasteiger partial charge in [-0.3, -0.25) is 0 Å². The third kappa shape index (κ3) is 4.24. The molecule has 0 spiro atoms. The van der Waals surface area contributed by atoms with Crippen LogP contribution in [0.4, 0.5) is 8.78 Å². The van der Waals surface area contributed by atoms with Crippen LogP contribution in [0.3, 0.4) is 0 Å². The van der Waals surface area contributed by atoms with Crippen LogP contribution in [-0.2, 0) is 6.54 Å². The molecule has 0 bridgehead atoms. The fraction of sp³-hybridized carbons (Fsp3) is 0.500. The lowest BCUT2D eigenvalue weighted by Gasteiger charge is -2.11. The van der Waals surface area contributed by atoms with Gasteiger partial charge in [0.25, 0.3) is 0 Å². The Hall–Kier alpha value is -1.00. The van der Waals surface area contributed by atoms with Crippen molar-refractivity contribution < 1.29 is 13.9 Å². The van der Waals surface area contributed by atoms with Crippen LogP contribution in [0.5, 0.6) is 0 Å². The lowest BCUT2D eigenvalue weighted by Crippen LogP contribution is -2.22. The fourth-order valence-corrected chi connectivity index (χ4v) is 1.45. The van der Waals surface area contributed by atoms with Gasteiger partial charge in [-0.1, -0.05) is 6.92 Å². The highest BCUT2D eigenvalue weighted by Crippen LogP contribution is 2.09. The number of nitrogens with one attached hydrogen (secondary N) is 1. The second-order valence-electron chi connectivity index (χ2n) is 3.98. The van der Waals surface area contributed by atoms with Crippen LogP contribution >= 0.6 is 0 Å². The average Bonchev–Trinajstić information content (AvgIpc) is 2.23. The minimum atomic E-state index is -0.429. The van der Waals surface area contributed by atoms with Gasteiger partial charge in [0.05, 0.1) is 0 Å². The fourth-order valence-electron chi connectivity index (χ4n) is 1.45. The average molecular weight is 229 g/mol. The molecular formula is C12H17F2NO. The minimum Gasteiger partial charge on any atom is -0.396 e. The first-order valence-corrected chi connectivity index (χ1v) is 5.39. The number of benzene rings is 1. The third-order valence-electron chi connectivity index (χ3n) is 2.44. The van der Waals surface area contributed by atoms with Gasteiger partial charge < -0.3 is 10.4 Å². The van der Waals surface area contributed by atoms with Crippen molar-refractivity contribution in [1.29, 1.82) is 0 Å². The molecule has 90 valence electrons. The van der Waals surface area contributed by atoms with Crippen LogP contribution in [0.15, 0.2) is 18.2 Å². The molecule has 0 saturated heterocycles. The molecule has 1 unspecified atom stereocenters.